The standard InChI is InChI=1S/C6H5ClO/c7-5-3-1-2-4-6(5)8/h1-5H. The van der Waals surface area contributed by atoms with Crippen LogP contribution in [0.1, 0.15) is 0 Å². The van der Waals surface area contributed by atoms with E-state index in [1.165, 1.54) is 6.08 Å². The molecular formula is C6H5ClO. The average Bonchev–Trinajstić information content (AvgIpc) is 1.77. The Hall–Kier alpha value is -0.560. The normalized spacial score (nSPS) is 26.6. The zero-order valence-corrected chi connectivity index (χ0v) is 4.93. The molecule has 1 nitrogen and oxygen atoms in total. The van der Waals surface area contributed by atoms with Crippen molar-refractivity contribution in [3.8, 4) is 0 Å². The third-order valence-corrected chi connectivity index (χ3v) is 1.28. The van der Waals surface area contributed by atoms with E-state index < -0.39 is 5.38 Å². The molecule has 2 heteroatoms. The number of ketones is 1. The summed E-state index contributed by atoms with van der Waals surface area (Å²) in [6.45, 7) is 0. The molecule has 0 bridgehead atoms. The van der Waals surface area contributed by atoms with Gasteiger partial charge in [0, 0.05) is 0 Å². The van der Waals surface area contributed by atoms with Crippen molar-refractivity contribution in [2.45, 2.75) is 5.38 Å². The molecular weight excluding hydrogens is 124 g/mol. The molecule has 0 N–H and O–H groups in total. The van der Waals surface area contributed by atoms with E-state index in [4.69, 9.17) is 11.6 Å². The first-order valence-electron chi connectivity index (χ1n) is 2.33. The molecule has 0 saturated heterocycles. The van der Waals surface area contributed by atoms with Gasteiger partial charge < -0.3 is 0 Å². The molecule has 1 rings (SSSR count). The number of hydrogen-bond donors (Lipinski definition) is 0. The molecule has 8 heavy (non-hydrogen) atoms. The monoisotopic (exact) mass is 128 g/mol. The van der Waals surface area contributed by atoms with Gasteiger partial charge in [-0.25, -0.2) is 0 Å². The average molecular weight is 129 g/mol. The molecule has 0 aromatic heterocycles. The first kappa shape index (κ1) is 5.57. The van der Waals surface area contributed by atoms with Crippen LogP contribution in [0.3, 0.4) is 0 Å². The molecule has 0 heterocycles. The summed E-state index contributed by atoms with van der Waals surface area (Å²) in [6.07, 6.45) is 6.57. The lowest BCUT2D eigenvalue weighted by Crippen LogP contribution is -2.09. The van der Waals surface area contributed by atoms with Crippen LogP contribution in [-0.2, 0) is 4.79 Å². The first-order chi connectivity index (χ1) is 3.80. The molecule has 1 aliphatic rings. The summed E-state index contributed by atoms with van der Waals surface area (Å²) in [5.41, 5.74) is 0. The number of rotatable bonds is 0. The summed E-state index contributed by atoms with van der Waals surface area (Å²) in [6, 6.07) is 0. The van der Waals surface area contributed by atoms with E-state index in [0.717, 1.165) is 0 Å². The van der Waals surface area contributed by atoms with Crippen LogP contribution >= 0.6 is 11.6 Å². The Morgan fingerprint density at radius 1 is 1.50 bits per heavy atom. The van der Waals surface area contributed by atoms with Crippen molar-refractivity contribution in [2.75, 3.05) is 0 Å². The molecule has 1 unspecified atom stereocenters. The molecule has 0 radical (unpaired) electrons. The number of halogens is 1. The Bertz CT molecular complexity index is 158. The van der Waals surface area contributed by atoms with Crippen molar-refractivity contribution in [3.05, 3.63) is 24.3 Å². The predicted molar refractivity (Wildman–Crippen MR) is 32.9 cm³/mol. The van der Waals surface area contributed by atoms with Gasteiger partial charge in [-0.3, -0.25) is 4.79 Å². The zero-order chi connectivity index (χ0) is 5.98. The van der Waals surface area contributed by atoms with Gasteiger partial charge in [0.2, 0.25) is 0 Å². The van der Waals surface area contributed by atoms with E-state index in [1.54, 1.807) is 18.2 Å². The molecule has 1 aliphatic carbocycles. The number of alkyl halides is 1. The van der Waals surface area contributed by atoms with Gasteiger partial charge in [0.1, 0.15) is 5.38 Å². The van der Waals surface area contributed by atoms with Crippen LogP contribution in [0, 0.1) is 0 Å². The van der Waals surface area contributed by atoms with Crippen molar-refractivity contribution in [1.82, 2.24) is 0 Å². The Balaban J connectivity index is 2.74. The second-order valence-electron chi connectivity index (χ2n) is 1.55. The van der Waals surface area contributed by atoms with Gasteiger partial charge in [-0.2, -0.15) is 0 Å². The zero-order valence-electron chi connectivity index (χ0n) is 4.17. The fourth-order valence-corrected chi connectivity index (χ4v) is 0.656. The number of carbonyl (C=O) groups excluding carboxylic acids is 1. The number of allylic oxidation sites excluding steroid dienone is 4. The SMILES string of the molecule is O=C1C=CC=CC1Cl. The van der Waals surface area contributed by atoms with Crippen molar-refractivity contribution in [1.29, 1.82) is 0 Å². The topological polar surface area (TPSA) is 17.1 Å². The van der Waals surface area contributed by atoms with Gasteiger partial charge in [-0.15, -0.1) is 11.6 Å². The second kappa shape index (κ2) is 2.14. The minimum absolute atomic E-state index is 0.0332. The minimum Gasteiger partial charge on any atom is -0.293 e. The largest absolute Gasteiger partial charge is 0.293 e. The quantitative estimate of drug-likeness (QED) is 0.450. The molecule has 0 aliphatic heterocycles. The second-order valence-corrected chi connectivity index (χ2v) is 2.02. The van der Waals surface area contributed by atoms with Crippen LogP contribution in [-0.4, -0.2) is 11.2 Å². The van der Waals surface area contributed by atoms with E-state index >= 15 is 0 Å². The van der Waals surface area contributed by atoms with Gasteiger partial charge in [-0.05, 0) is 6.08 Å². The summed E-state index contributed by atoms with van der Waals surface area (Å²) in [4.78, 5) is 10.5. The fraction of sp³-hybridized carbons (Fsp3) is 0.167. The van der Waals surface area contributed by atoms with Crippen LogP contribution in [0.2, 0.25) is 0 Å². The Morgan fingerprint density at radius 2 is 2.25 bits per heavy atom. The van der Waals surface area contributed by atoms with E-state index in [-0.39, 0.29) is 5.78 Å². The van der Waals surface area contributed by atoms with E-state index in [2.05, 4.69) is 0 Å². The Kier molecular flexibility index (Phi) is 1.49. The maximum Gasteiger partial charge on any atom is 0.177 e. The lowest BCUT2D eigenvalue weighted by Gasteiger charge is -1.99. The smallest absolute Gasteiger partial charge is 0.177 e. The van der Waals surface area contributed by atoms with Gasteiger partial charge >= 0.3 is 0 Å². The summed E-state index contributed by atoms with van der Waals surface area (Å²) >= 11 is 5.48. The highest BCUT2D eigenvalue weighted by Gasteiger charge is 2.08. The predicted octanol–water partition coefficient (Wildman–Crippen LogP) is 1.29. The summed E-state index contributed by atoms with van der Waals surface area (Å²) < 4.78 is 0. The highest BCUT2D eigenvalue weighted by atomic mass is 35.5. The number of carbonyl (C=O) groups is 1. The minimum atomic E-state index is -0.431. The van der Waals surface area contributed by atoms with Crippen LogP contribution < -0.4 is 0 Å². The fourth-order valence-electron chi connectivity index (χ4n) is 0.499. The maximum absolute atomic E-state index is 10.5. The molecule has 0 amide bonds. The van der Waals surface area contributed by atoms with Crippen molar-refractivity contribution in [2.24, 2.45) is 0 Å². The number of hydrogen-bond acceptors (Lipinski definition) is 1. The van der Waals surface area contributed by atoms with Gasteiger partial charge in [0.25, 0.3) is 0 Å². The van der Waals surface area contributed by atoms with Gasteiger partial charge in [-0.1, -0.05) is 18.2 Å². The van der Waals surface area contributed by atoms with E-state index in [0.29, 0.717) is 0 Å². The van der Waals surface area contributed by atoms with Crippen molar-refractivity contribution < 1.29 is 4.79 Å². The molecule has 0 spiro atoms. The van der Waals surface area contributed by atoms with Crippen LogP contribution in [0.5, 0.6) is 0 Å². The molecule has 0 aromatic rings. The summed E-state index contributed by atoms with van der Waals surface area (Å²) in [5, 5.41) is -0.431. The van der Waals surface area contributed by atoms with Crippen molar-refractivity contribution >= 4 is 17.4 Å². The lowest BCUT2D eigenvalue weighted by molar-refractivity contribution is -0.113. The van der Waals surface area contributed by atoms with Crippen LogP contribution in [0.4, 0.5) is 0 Å². The molecule has 42 valence electrons. The van der Waals surface area contributed by atoms with E-state index in [1.807, 2.05) is 0 Å². The van der Waals surface area contributed by atoms with Gasteiger partial charge in [0.15, 0.2) is 5.78 Å². The third kappa shape index (κ3) is 0.984. The molecule has 0 aromatic carbocycles. The molecule has 1 atom stereocenters. The Labute approximate surface area is 52.6 Å². The third-order valence-electron chi connectivity index (χ3n) is 0.923. The van der Waals surface area contributed by atoms with Crippen molar-refractivity contribution in [3.63, 3.8) is 0 Å². The van der Waals surface area contributed by atoms with E-state index in [9.17, 15) is 4.79 Å². The van der Waals surface area contributed by atoms with Crippen LogP contribution in [0.15, 0.2) is 24.3 Å². The first-order valence-corrected chi connectivity index (χ1v) is 2.77. The highest BCUT2D eigenvalue weighted by Crippen LogP contribution is 2.04. The van der Waals surface area contributed by atoms with Crippen LogP contribution in [0.25, 0.3) is 0 Å². The molecule has 0 saturated carbocycles. The highest BCUT2D eigenvalue weighted by molar-refractivity contribution is 6.34. The van der Waals surface area contributed by atoms with Gasteiger partial charge in [0.05, 0.1) is 0 Å². The lowest BCUT2D eigenvalue weighted by atomic mass is 10.2. The Morgan fingerprint density at radius 3 is 2.62 bits per heavy atom. The summed E-state index contributed by atoms with van der Waals surface area (Å²) in [5.74, 6) is -0.0332. The summed E-state index contributed by atoms with van der Waals surface area (Å²) in [7, 11) is 0. The molecule has 0 fully saturated rings. The maximum atomic E-state index is 10.5.